The van der Waals surface area contributed by atoms with Crippen molar-refractivity contribution in [3.05, 3.63) is 0 Å². The minimum absolute atomic E-state index is 0.139. The standard InChI is InChI=1S/C6H11NO2S/c8-5-6(9)7-1-3-10-4-2-7/h8H,1-5H2. The highest BCUT2D eigenvalue weighted by Gasteiger charge is 2.14. The van der Waals surface area contributed by atoms with Gasteiger partial charge < -0.3 is 10.0 Å². The van der Waals surface area contributed by atoms with Crippen molar-refractivity contribution in [2.24, 2.45) is 0 Å². The van der Waals surface area contributed by atoms with Crippen LogP contribution in [0.2, 0.25) is 0 Å². The van der Waals surface area contributed by atoms with Crippen LogP contribution in [0.15, 0.2) is 0 Å². The number of aliphatic hydroxyl groups excluding tert-OH is 1. The summed E-state index contributed by atoms with van der Waals surface area (Å²) in [6, 6.07) is 0. The summed E-state index contributed by atoms with van der Waals surface area (Å²) in [5.74, 6) is 1.87. The Bertz CT molecular complexity index is 123. The molecule has 0 radical (unpaired) electrons. The Kier molecular flexibility index (Phi) is 3.02. The van der Waals surface area contributed by atoms with Crippen molar-refractivity contribution in [3.8, 4) is 0 Å². The third-order valence-electron chi connectivity index (χ3n) is 1.50. The van der Waals surface area contributed by atoms with E-state index >= 15 is 0 Å². The summed E-state index contributed by atoms with van der Waals surface area (Å²) in [5, 5.41) is 8.49. The van der Waals surface area contributed by atoms with Crippen molar-refractivity contribution < 1.29 is 9.90 Å². The molecule has 0 bridgehead atoms. The highest BCUT2D eigenvalue weighted by atomic mass is 32.2. The lowest BCUT2D eigenvalue weighted by atomic mass is 10.4. The maximum atomic E-state index is 10.8. The van der Waals surface area contributed by atoms with E-state index in [9.17, 15) is 4.79 Å². The summed E-state index contributed by atoms with van der Waals surface area (Å²) in [6.07, 6.45) is 0. The van der Waals surface area contributed by atoms with Crippen LogP contribution in [0.4, 0.5) is 0 Å². The maximum Gasteiger partial charge on any atom is 0.248 e. The topological polar surface area (TPSA) is 40.5 Å². The Morgan fingerprint density at radius 3 is 2.60 bits per heavy atom. The van der Waals surface area contributed by atoms with Crippen LogP contribution < -0.4 is 0 Å². The molecule has 3 nitrogen and oxygen atoms in total. The van der Waals surface area contributed by atoms with Gasteiger partial charge in [-0.3, -0.25) is 4.79 Å². The zero-order chi connectivity index (χ0) is 7.40. The number of aliphatic hydroxyl groups is 1. The van der Waals surface area contributed by atoms with E-state index in [1.54, 1.807) is 4.90 Å². The van der Waals surface area contributed by atoms with Crippen molar-refractivity contribution in [3.63, 3.8) is 0 Å². The maximum absolute atomic E-state index is 10.8. The number of amides is 1. The van der Waals surface area contributed by atoms with Crippen LogP contribution in [0.25, 0.3) is 0 Å². The molecule has 0 saturated carbocycles. The second kappa shape index (κ2) is 3.83. The van der Waals surface area contributed by atoms with E-state index in [1.165, 1.54) is 0 Å². The van der Waals surface area contributed by atoms with Gasteiger partial charge in [0.15, 0.2) is 0 Å². The van der Waals surface area contributed by atoms with Crippen molar-refractivity contribution in [1.82, 2.24) is 4.90 Å². The summed E-state index contributed by atoms with van der Waals surface area (Å²) >= 11 is 1.85. The fourth-order valence-corrected chi connectivity index (χ4v) is 1.82. The van der Waals surface area contributed by atoms with Gasteiger partial charge in [-0.2, -0.15) is 11.8 Å². The fraction of sp³-hybridized carbons (Fsp3) is 0.833. The van der Waals surface area contributed by atoms with Crippen molar-refractivity contribution in [2.45, 2.75) is 0 Å². The smallest absolute Gasteiger partial charge is 0.248 e. The summed E-state index contributed by atoms with van der Waals surface area (Å²) in [4.78, 5) is 12.5. The Hall–Kier alpha value is -0.220. The summed E-state index contributed by atoms with van der Waals surface area (Å²) < 4.78 is 0. The Labute approximate surface area is 64.4 Å². The number of hydrogen-bond donors (Lipinski definition) is 1. The number of carbonyl (C=O) groups excluding carboxylic acids is 1. The molecular formula is C6H11NO2S. The van der Waals surface area contributed by atoms with Gasteiger partial charge in [0.1, 0.15) is 6.61 Å². The number of thioether (sulfide) groups is 1. The summed E-state index contributed by atoms with van der Waals surface area (Å²) in [5.41, 5.74) is 0. The molecule has 1 saturated heterocycles. The van der Waals surface area contributed by atoms with Crippen LogP contribution in [0.3, 0.4) is 0 Å². The lowest BCUT2D eigenvalue weighted by molar-refractivity contribution is -0.133. The molecule has 10 heavy (non-hydrogen) atoms. The first-order valence-electron chi connectivity index (χ1n) is 3.31. The molecule has 0 aromatic rings. The quantitative estimate of drug-likeness (QED) is 0.566. The molecule has 1 aliphatic heterocycles. The Morgan fingerprint density at radius 2 is 2.10 bits per heavy atom. The molecule has 4 heteroatoms. The Balaban J connectivity index is 2.31. The second-order valence-corrected chi connectivity index (χ2v) is 3.38. The van der Waals surface area contributed by atoms with Crippen molar-refractivity contribution in [1.29, 1.82) is 0 Å². The third-order valence-corrected chi connectivity index (χ3v) is 2.44. The zero-order valence-electron chi connectivity index (χ0n) is 5.75. The van der Waals surface area contributed by atoms with Crippen LogP contribution in [0.5, 0.6) is 0 Å². The molecule has 58 valence electrons. The molecule has 1 rings (SSSR count). The molecule has 1 fully saturated rings. The summed E-state index contributed by atoms with van der Waals surface area (Å²) in [7, 11) is 0. The lowest BCUT2D eigenvalue weighted by Gasteiger charge is -2.25. The molecule has 0 atom stereocenters. The molecule has 0 aromatic carbocycles. The van der Waals surface area contributed by atoms with E-state index in [-0.39, 0.29) is 12.5 Å². The van der Waals surface area contributed by atoms with Gasteiger partial charge in [-0.1, -0.05) is 0 Å². The molecule has 1 N–H and O–H groups in total. The number of rotatable bonds is 1. The van der Waals surface area contributed by atoms with Crippen molar-refractivity contribution in [2.75, 3.05) is 31.2 Å². The molecule has 1 amide bonds. The average molecular weight is 161 g/mol. The highest BCUT2D eigenvalue weighted by molar-refractivity contribution is 7.99. The monoisotopic (exact) mass is 161 g/mol. The minimum Gasteiger partial charge on any atom is -0.387 e. The lowest BCUT2D eigenvalue weighted by Crippen LogP contribution is -2.39. The molecule has 1 heterocycles. The normalized spacial score (nSPS) is 19.1. The van der Waals surface area contributed by atoms with Gasteiger partial charge in [0, 0.05) is 24.6 Å². The molecule has 0 spiro atoms. The van der Waals surface area contributed by atoms with Crippen molar-refractivity contribution >= 4 is 17.7 Å². The van der Waals surface area contributed by atoms with E-state index in [2.05, 4.69) is 0 Å². The zero-order valence-corrected chi connectivity index (χ0v) is 6.56. The van der Waals surface area contributed by atoms with Crippen LogP contribution in [0.1, 0.15) is 0 Å². The third kappa shape index (κ3) is 1.88. The van der Waals surface area contributed by atoms with Gasteiger partial charge in [0.2, 0.25) is 5.91 Å². The van der Waals surface area contributed by atoms with Gasteiger partial charge in [0.05, 0.1) is 0 Å². The predicted octanol–water partition coefficient (Wildman–Crippen LogP) is -0.446. The van der Waals surface area contributed by atoms with Gasteiger partial charge in [-0.25, -0.2) is 0 Å². The van der Waals surface area contributed by atoms with Crippen LogP contribution in [-0.2, 0) is 4.79 Å². The molecule has 0 unspecified atom stereocenters. The first kappa shape index (κ1) is 7.88. The molecule has 0 aliphatic carbocycles. The summed E-state index contributed by atoms with van der Waals surface area (Å²) in [6.45, 7) is 1.25. The SMILES string of the molecule is O=C(CO)N1CCSCC1. The highest BCUT2D eigenvalue weighted by Crippen LogP contribution is 2.08. The number of hydrogen-bond acceptors (Lipinski definition) is 3. The van der Waals surface area contributed by atoms with Crippen LogP contribution in [-0.4, -0.2) is 47.1 Å². The van der Waals surface area contributed by atoms with E-state index in [1.807, 2.05) is 11.8 Å². The first-order chi connectivity index (χ1) is 4.84. The molecular weight excluding hydrogens is 150 g/mol. The number of nitrogens with zero attached hydrogens (tertiary/aromatic N) is 1. The Morgan fingerprint density at radius 1 is 1.50 bits per heavy atom. The first-order valence-corrected chi connectivity index (χ1v) is 4.46. The molecule has 0 aromatic heterocycles. The van der Waals surface area contributed by atoms with E-state index in [4.69, 9.17) is 5.11 Å². The molecule has 1 aliphatic rings. The van der Waals surface area contributed by atoms with Gasteiger partial charge in [-0.15, -0.1) is 0 Å². The average Bonchev–Trinajstić information content (AvgIpc) is 2.05. The largest absolute Gasteiger partial charge is 0.387 e. The van der Waals surface area contributed by atoms with E-state index in [0.29, 0.717) is 0 Å². The van der Waals surface area contributed by atoms with Gasteiger partial charge in [-0.05, 0) is 0 Å². The van der Waals surface area contributed by atoms with E-state index in [0.717, 1.165) is 24.6 Å². The minimum atomic E-state index is -0.343. The van der Waals surface area contributed by atoms with E-state index < -0.39 is 0 Å². The second-order valence-electron chi connectivity index (χ2n) is 2.15. The van der Waals surface area contributed by atoms with Gasteiger partial charge in [0.25, 0.3) is 0 Å². The number of carbonyl (C=O) groups is 1. The predicted molar refractivity (Wildman–Crippen MR) is 41.0 cm³/mol. The fourth-order valence-electron chi connectivity index (χ4n) is 0.913. The van der Waals surface area contributed by atoms with Crippen LogP contribution in [0, 0.1) is 0 Å². The van der Waals surface area contributed by atoms with Crippen LogP contribution >= 0.6 is 11.8 Å². The van der Waals surface area contributed by atoms with Gasteiger partial charge >= 0.3 is 0 Å².